The number of benzene rings is 2. The number of carbonyl (C=O) groups excluding carboxylic acids is 2. The van der Waals surface area contributed by atoms with Crippen molar-refractivity contribution in [2.24, 2.45) is 0 Å². The van der Waals surface area contributed by atoms with Crippen molar-refractivity contribution in [2.45, 2.75) is 24.7 Å². The van der Waals surface area contributed by atoms with Gasteiger partial charge in [0.05, 0.1) is 22.6 Å². The molecule has 1 heterocycles. The topological polar surface area (TPSA) is 96.0 Å². The van der Waals surface area contributed by atoms with Crippen molar-refractivity contribution in [3.8, 4) is 5.75 Å². The monoisotopic (exact) mass is 479 g/mol. The Kier molecular flexibility index (Phi) is 7.76. The van der Waals surface area contributed by atoms with Crippen molar-refractivity contribution in [1.82, 2.24) is 9.21 Å². The second-order valence-electron chi connectivity index (χ2n) is 7.35. The Bertz CT molecular complexity index is 1100. The zero-order chi connectivity index (χ0) is 23.3. The van der Waals surface area contributed by atoms with Gasteiger partial charge in [0.25, 0.3) is 5.91 Å². The first kappa shape index (κ1) is 24.0. The van der Waals surface area contributed by atoms with Crippen LogP contribution in [0, 0.1) is 0 Å². The average Bonchev–Trinajstić information content (AvgIpc) is 3.33. The molecule has 0 aromatic heterocycles. The fourth-order valence-corrected chi connectivity index (χ4v) is 5.22. The number of methoxy groups -OCH3 is 1. The molecule has 0 radical (unpaired) electrons. The zero-order valence-electron chi connectivity index (χ0n) is 18.0. The lowest BCUT2D eigenvalue weighted by molar-refractivity contribution is -0.116. The van der Waals surface area contributed by atoms with Gasteiger partial charge in [0.1, 0.15) is 12.3 Å². The lowest BCUT2D eigenvalue weighted by Crippen LogP contribution is -2.38. The Morgan fingerprint density at radius 3 is 2.53 bits per heavy atom. The van der Waals surface area contributed by atoms with E-state index in [2.05, 4.69) is 5.32 Å². The number of rotatable bonds is 8. The summed E-state index contributed by atoms with van der Waals surface area (Å²) in [7, 11) is -2.17. The number of nitrogens with zero attached hydrogens (tertiary/aromatic N) is 2. The quantitative estimate of drug-likeness (QED) is 0.627. The van der Waals surface area contributed by atoms with Gasteiger partial charge in [0.2, 0.25) is 15.9 Å². The smallest absolute Gasteiger partial charge is 0.255 e. The van der Waals surface area contributed by atoms with Gasteiger partial charge in [-0.3, -0.25) is 9.59 Å². The van der Waals surface area contributed by atoms with E-state index in [1.165, 1.54) is 34.5 Å². The normalized spacial score (nSPS) is 14.2. The van der Waals surface area contributed by atoms with Crippen LogP contribution in [0.2, 0.25) is 5.02 Å². The summed E-state index contributed by atoms with van der Waals surface area (Å²) in [5, 5.41) is 2.85. The summed E-state index contributed by atoms with van der Waals surface area (Å²) in [5.74, 6) is -0.323. The number of sulfonamides is 1. The van der Waals surface area contributed by atoms with Gasteiger partial charge >= 0.3 is 0 Å². The van der Waals surface area contributed by atoms with E-state index in [9.17, 15) is 18.0 Å². The number of hydrogen-bond acceptors (Lipinski definition) is 5. The van der Waals surface area contributed by atoms with Crippen LogP contribution in [0.25, 0.3) is 0 Å². The largest absolute Gasteiger partial charge is 0.497 e. The summed E-state index contributed by atoms with van der Waals surface area (Å²) in [6, 6.07) is 11.0. The molecule has 32 heavy (non-hydrogen) atoms. The summed E-state index contributed by atoms with van der Waals surface area (Å²) in [6.07, 6.45) is 1.62. The Balaban J connectivity index is 1.77. The molecule has 0 bridgehead atoms. The molecule has 172 valence electrons. The van der Waals surface area contributed by atoms with Gasteiger partial charge in [0, 0.05) is 31.4 Å². The van der Waals surface area contributed by atoms with Crippen molar-refractivity contribution < 1.29 is 22.7 Å². The maximum atomic E-state index is 13.1. The van der Waals surface area contributed by atoms with Gasteiger partial charge in [-0.2, -0.15) is 4.31 Å². The molecule has 0 spiro atoms. The number of hydrogen-bond donors (Lipinski definition) is 1. The molecule has 1 N–H and O–H groups in total. The van der Waals surface area contributed by atoms with Crippen molar-refractivity contribution in [3.63, 3.8) is 0 Å². The van der Waals surface area contributed by atoms with E-state index < -0.39 is 21.8 Å². The SMILES string of the molecule is CCN(CC(=O)Nc1cccc(OC)c1)C(=O)c1cc(S(=O)(=O)N2CCCC2)ccc1Cl. The first-order valence-corrected chi connectivity index (χ1v) is 12.1. The molecule has 3 rings (SSSR count). The van der Waals surface area contributed by atoms with Crippen LogP contribution >= 0.6 is 11.6 Å². The molecule has 0 saturated carbocycles. The Morgan fingerprint density at radius 1 is 1.16 bits per heavy atom. The Hall–Kier alpha value is -2.62. The van der Waals surface area contributed by atoms with Gasteiger partial charge in [-0.05, 0) is 50.1 Å². The minimum atomic E-state index is -3.70. The van der Waals surface area contributed by atoms with Crippen LogP contribution in [0.1, 0.15) is 30.1 Å². The van der Waals surface area contributed by atoms with Gasteiger partial charge in [0.15, 0.2) is 0 Å². The van der Waals surface area contributed by atoms with Crippen molar-refractivity contribution in [1.29, 1.82) is 0 Å². The number of halogens is 1. The summed E-state index contributed by atoms with van der Waals surface area (Å²) in [4.78, 5) is 27.0. The molecular weight excluding hydrogens is 454 g/mol. The molecule has 0 unspecified atom stereocenters. The highest BCUT2D eigenvalue weighted by atomic mass is 35.5. The minimum absolute atomic E-state index is 0.0176. The van der Waals surface area contributed by atoms with E-state index in [0.717, 1.165) is 12.8 Å². The lowest BCUT2D eigenvalue weighted by Gasteiger charge is -2.22. The minimum Gasteiger partial charge on any atom is -0.497 e. The van der Waals surface area contributed by atoms with Crippen molar-refractivity contribution in [3.05, 3.63) is 53.1 Å². The summed E-state index contributed by atoms with van der Waals surface area (Å²) < 4.78 is 32.3. The van der Waals surface area contributed by atoms with Crippen molar-refractivity contribution >= 4 is 39.1 Å². The fraction of sp³-hybridized carbons (Fsp3) is 0.364. The molecule has 2 amide bonds. The third-order valence-corrected chi connectivity index (χ3v) is 7.45. The zero-order valence-corrected chi connectivity index (χ0v) is 19.6. The van der Waals surface area contributed by atoms with E-state index >= 15 is 0 Å². The van der Waals surface area contributed by atoms with Crippen LogP contribution in [-0.2, 0) is 14.8 Å². The highest BCUT2D eigenvalue weighted by Crippen LogP contribution is 2.26. The molecule has 1 aliphatic rings. The van der Waals surface area contributed by atoms with Gasteiger partial charge in [-0.1, -0.05) is 17.7 Å². The highest BCUT2D eigenvalue weighted by molar-refractivity contribution is 7.89. The molecule has 1 fully saturated rings. The lowest BCUT2D eigenvalue weighted by atomic mass is 10.2. The fourth-order valence-electron chi connectivity index (χ4n) is 3.48. The average molecular weight is 480 g/mol. The first-order valence-electron chi connectivity index (χ1n) is 10.3. The number of carbonyl (C=O) groups is 2. The second kappa shape index (κ2) is 10.3. The summed E-state index contributed by atoms with van der Waals surface area (Å²) in [5.41, 5.74) is 0.581. The van der Waals surface area contributed by atoms with Crippen LogP contribution < -0.4 is 10.1 Å². The molecule has 0 aliphatic carbocycles. The predicted molar refractivity (Wildman–Crippen MR) is 123 cm³/mol. The number of anilines is 1. The molecule has 8 nitrogen and oxygen atoms in total. The number of amides is 2. The van der Waals surface area contributed by atoms with Crippen LogP contribution in [0.15, 0.2) is 47.4 Å². The van der Waals surface area contributed by atoms with Gasteiger partial charge < -0.3 is 15.0 Å². The third-order valence-electron chi connectivity index (χ3n) is 5.23. The number of nitrogens with one attached hydrogen (secondary N) is 1. The molecule has 1 aliphatic heterocycles. The highest BCUT2D eigenvalue weighted by Gasteiger charge is 2.29. The van der Waals surface area contributed by atoms with Crippen LogP contribution in [0.5, 0.6) is 5.75 Å². The molecular formula is C22H26ClN3O5S. The van der Waals surface area contributed by atoms with Crippen LogP contribution in [0.4, 0.5) is 5.69 Å². The van der Waals surface area contributed by atoms with E-state index in [1.54, 1.807) is 31.2 Å². The molecule has 2 aromatic carbocycles. The van der Waals surface area contributed by atoms with E-state index in [-0.39, 0.29) is 28.6 Å². The second-order valence-corrected chi connectivity index (χ2v) is 9.70. The Morgan fingerprint density at radius 2 is 1.88 bits per heavy atom. The molecule has 1 saturated heterocycles. The van der Waals surface area contributed by atoms with Crippen molar-refractivity contribution in [2.75, 3.05) is 38.6 Å². The summed E-state index contributed by atoms with van der Waals surface area (Å²) >= 11 is 6.23. The number of likely N-dealkylation sites (N-methyl/N-ethyl adjacent to an activating group) is 1. The Labute approximate surface area is 193 Å². The standard InChI is InChI=1S/C22H26ClN3O5S/c1-3-25(15-21(27)24-16-7-6-8-17(13-16)31-2)22(28)19-14-18(9-10-20(19)23)32(29,30)26-11-4-5-12-26/h6-10,13-14H,3-5,11-12,15H2,1-2H3,(H,24,27). The number of ether oxygens (including phenoxy) is 1. The van der Waals surface area contributed by atoms with E-state index in [1.807, 2.05) is 0 Å². The summed E-state index contributed by atoms with van der Waals surface area (Å²) in [6.45, 7) is 2.67. The van der Waals surface area contributed by atoms with Gasteiger partial charge in [-0.25, -0.2) is 8.42 Å². The third kappa shape index (κ3) is 5.40. The molecule has 2 aromatic rings. The maximum absolute atomic E-state index is 13.1. The van der Waals surface area contributed by atoms with Crippen LogP contribution in [0.3, 0.4) is 0 Å². The van der Waals surface area contributed by atoms with Crippen LogP contribution in [-0.4, -0.2) is 62.7 Å². The predicted octanol–water partition coefficient (Wildman–Crippen LogP) is 3.23. The maximum Gasteiger partial charge on any atom is 0.255 e. The van der Waals surface area contributed by atoms with E-state index in [0.29, 0.717) is 24.5 Å². The molecule has 10 heteroatoms. The first-order chi connectivity index (χ1) is 15.3. The molecule has 0 atom stereocenters. The van der Waals surface area contributed by atoms with E-state index in [4.69, 9.17) is 16.3 Å². The van der Waals surface area contributed by atoms with Gasteiger partial charge in [-0.15, -0.1) is 0 Å².